The van der Waals surface area contributed by atoms with Crippen LogP contribution in [0.15, 0.2) is 0 Å². The SMILES string of the molecule is CC[Si](CC)(CC)OC1C(CN)O[C@@H](C(=O)NC[C@H]2OC(C(=O)NC[C@H]3O[C@@H](C(=O)NS)C(NC(C)=O)C(O[Si](CC)(CC)CC)C3O[Si](CC)(CC)CC)C(O[Si](CC)(CC)CC)C(O[Si](CC)(CC)CC)C2O[Si](CC)(CC)CC)C(NC(C)=O)C1O[Si](CC)(CC)CC. The zero-order valence-electron chi connectivity index (χ0n) is 64.3. The van der Waals surface area contributed by atoms with Gasteiger partial charge < -0.3 is 76.9 Å². The molecular formula is C67H140N6O15SSi7. The van der Waals surface area contributed by atoms with E-state index in [-0.39, 0.29) is 31.4 Å². The maximum Gasteiger partial charge on any atom is 0.261 e. The Kier molecular flexibility index (Phi) is 38.3. The fourth-order valence-corrected chi connectivity index (χ4v) is 35.5. The molecule has 11 unspecified atom stereocenters. The van der Waals surface area contributed by atoms with Crippen molar-refractivity contribution >= 4 is 101 Å². The van der Waals surface area contributed by atoms with Crippen molar-refractivity contribution in [2.75, 3.05) is 19.6 Å². The van der Waals surface area contributed by atoms with Gasteiger partial charge in [-0.2, -0.15) is 0 Å². The Bertz CT molecular complexity index is 2290. The predicted molar refractivity (Wildman–Crippen MR) is 408 cm³/mol. The second-order valence-corrected chi connectivity index (χ2v) is 61.0. The van der Waals surface area contributed by atoms with Gasteiger partial charge in [0.05, 0.1) is 36.5 Å². The van der Waals surface area contributed by atoms with Crippen molar-refractivity contribution in [3.05, 3.63) is 0 Å². The molecule has 3 aliphatic rings. The van der Waals surface area contributed by atoms with Crippen LogP contribution in [-0.4, -0.2) is 199 Å². The van der Waals surface area contributed by atoms with E-state index in [0.29, 0.717) is 0 Å². The predicted octanol–water partition coefficient (Wildman–Crippen LogP) is 12.2. The molecule has 0 aromatic rings. The van der Waals surface area contributed by atoms with Crippen LogP contribution >= 0.6 is 12.8 Å². The summed E-state index contributed by atoms with van der Waals surface area (Å²) < 4.78 is 77.3. The molecule has 0 saturated carbocycles. The molecule has 3 fully saturated rings. The van der Waals surface area contributed by atoms with Crippen LogP contribution in [0, 0.1) is 0 Å². The van der Waals surface area contributed by atoms with E-state index in [9.17, 15) is 14.4 Å². The molecule has 0 spiro atoms. The normalized spacial score (nSPS) is 27.2. The molecule has 0 aliphatic carbocycles. The fraction of sp³-hybridized carbons (Fsp3) is 0.925. The summed E-state index contributed by atoms with van der Waals surface area (Å²) in [5.74, 6) is -2.30. The minimum Gasteiger partial charge on any atom is -0.409 e. The molecule has 3 aliphatic heterocycles. The van der Waals surface area contributed by atoms with Crippen molar-refractivity contribution in [2.45, 2.75) is 378 Å². The summed E-state index contributed by atoms with van der Waals surface area (Å²) in [7, 11) is -18.0. The van der Waals surface area contributed by atoms with Gasteiger partial charge in [0.15, 0.2) is 76.5 Å². The standard InChI is InChI=1S/C67H140N6O15SSi7/c1-24-90(25-2,26-3)82-55-50(45-68)79-60(53(71-48(22)74)58(55)85-93(33-10,34-11)35-12)65(76)69-47-52-57(84-92(30-7,31-8)32-9)62(87-95(39-16,40-17)41-18)63(88-96(42-19,43-20)44-21)64(81-52)66(77)70-46-51-56(83-91(27-4,28-5)29-6)59(86-94(36-13,37-14)38-15)54(72-49(23)75)61(80-51)67(78)73-89/h50-64,89H,24-47,68H2,1-23H3,(H,69,76)(H,70,77)(H,71,74)(H,72,75)(H,73,78)/t50?,51-,52-,53?,54?,55?,56?,57?,58?,59?,60-,61-,62?,63?,64?/m1/s1. The smallest absolute Gasteiger partial charge is 0.261 e. The fourth-order valence-electron chi connectivity index (χ4n) is 15.4. The van der Waals surface area contributed by atoms with E-state index in [4.69, 9.17) is 50.9 Å². The topological polar surface area (TPSA) is 264 Å². The van der Waals surface area contributed by atoms with Crippen molar-refractivity contribution < 1.29 is 69.2 Å². The van der Waals surface area contributed by atoms with Crippen LogP contribution in [0.25, 0.3) is 0 Å². The Morgan fingerprint density at radius 3 is 0.812 bits per heavy atom. The molecule has 15 atom stereocenters. The zero-order valence-corrected chi connectivity index (χ0v) is 72.2. The number of nitrogens with two attached hydrogens (primary N) is 1. The van der Waals surface area contributed by atoms with Gasteiger partial charge >= 0.3 is 0 Å². The highest BCUT2D eigenvalue weighted by atomic mass is 32.1. The zero-order chi connectivity index (χ0) is 72.6. The summed E-state index contributed by atoms with van der Waals surface area (Å²) >= 11 is 4.25. The average Bonchev–Trinajstić information content (AvgIpc) is 0.770. The molecule has 21 nitrogen and oxygen atoms in total. The molecule has 7 N–H and O–H groups in total. The summed E-state index contributed by atoms with van der Waals surface area (Å²) in [6, 6.07) is 14.9. The Hall–Kier alpha value is -1.22. The molecule has 3 rings (SSSR count). The summed E-state index contributed by atoms with van der Waals surface area (Å²) in [6.07, 6.45) is -12.3. The first-order valence-corrected chi connectivity index (χ1v) is 56.2. The van der Waals surface area contributed by atoms with E-state index in [1.54, 1.807) is 0 Å². The summed E-state index contributed by atoms with van der Waals surface area (Å²) in [5, 5.41) is 12.9. The van der Waals surface area contributed by atoms with E-state index in [1.165, 1.54) is 13.8 Å². The number of carbonyl (C=O) groups excluding carboxylic acids is 5. The Labute approximate surface area is 595 Å². The van der Waals surface area contributed by atoms with Crippen LogP contribution in [0.5, 0.6) is 0 Å². The molecule has 96 heavy (non-hydrogen) atoms. The molecule has 562 valence electrons. The van der Waals surface area contributed by atoms with Crippen LogP contribution in [0.1, 0.15) is 159 Å². The number of hydrogen-bond acceptors (Lipinski definition) is 17. The van der Waals surface area contributed by atoms with Crippen molar-refractivity contribution in [3.8, 4) is 0 Å². The molecule has 29 heteroatoms. The second kappa shape index (κ2) is 41.3. The number of nitrogens with one attached hydrogen (secondary N) is 5. The van der Waals surface area contributed by atoms with Gasteiger partial charge in [-0.1, -0.05) is 158 Å². The van der Waals surface area contributed by atoms with Crippen molar-refractivity contribution in [2.24, 2.45) is 5.73 Å². The van der Waals surface area contributed by atoms with E-state index in [0.717, 1.165) is 127 Å². The second-order valence-electron chi connectivity index (χ2n) is 27.7. The highest BCUT2D eigenvalue weighted by molar-refractivity contribution is 7.78. The monoisotopic (exact) mass is 1500 g/mol. The van der Waals surface area contributed by atoms with Gasteiger partial charge in [0, 0.05) is 33.5 Å². The molecule has 0 bridgehead atoms. The Morgan fingerprint density at radius 2 is 0.542 bits per heavy atom. The van der Waals surface area contributed by atoms with Gasteiger partial charge in [-0.05, 0) is 127 Å². The summed E-state index contributed by atoms with van der Waals surface area (Å²) in [6.45, 7) is 48.1. The van der Waals surface area contributed by atoms with Crippen molar-refractivity contribution in [1.29, 1.82) is 0 Å². The maximum atomic E-state index is 16.3. The first-order chi connectivity index (χ1) is 45.6. The molecule has 3 heterocycles. The van der Waals surface area contributed by atoms with Crippen LogP contribution in [-0.2, 0) is 69.2 Å². The third kappa shape index (κ3) is 21.5. The maximum absolute atomic E-state index is 16.3. The number of rotatable bonds is 45. The third-order valence-electron chi connectivity index (χ3n) is 24.1. The third-order valence-corrected chi connectivity index (χ3v) is 56.8. The minimum atomic E-state index is -2.68. The summed E-state index contributed by atoms with van der Waals surface area (Å²) in [5.41, 5.74) is 6.73. The molecule has 0 radical (unpaired) electrons. The Morgan fingerprint density at radius 1 is 0.323 bits per heavy atom. The van der Waals surface area contributed by atoms with Gasteiger partial charge in [-0.3, -0.25) is 24.0 Å². The van der Waals surface area contributed by atoms with Gasteiger partial charge in [-0.15, -0.1) is 0 Å². The van der Waals surface area contributed by atoms with E-state index < -0.39 is 167 Å². The first-order valence-electron chi connectivity index (χ1n) is 38.0. The van der Waals surface area contributed by atoms with Gasteiger partial charge in [0.25, 0.3) is 17.7 Å². The number of ether oxygens (including phenoxy) is 3. The minimum absolute atomic E-state index is 0.0387. The molecule has 0 aromatic heterocycles. The number of thiol groups is 1. The van der Waals surface area contributed by atoms with Gasteiger partial charge in [0.1, 0.15) is 36.6 Å². The lowest BCUT2D eigenvalue weighted by Gasteiger charge is -2.53. The lowest BCUT2D eigenvalue weighted by Crippen LogP contribution is -2.72. The average molecular weight is 1500 g/mol. The highest BCUT2D eigenvalue weighted by Gasteiger charge is 2.60. The lowest BCUT2D eigenvalue weighted by atomic mass is 9.91. The number of carbonyl (C=O) groups is 5. The highest BCUT2D eigenvalue weighted by Crippen LogP contribution is 2.42. The number of hydrogen-bond donors (Lipinski definition) is 7. The van der Waals surface area contributed by atoms with Crippen molar-refractivity contribution in [1.82, 2.24) is 26.0 Å². The van der Waals surface area contributed by atoms with Crippen LogP contribution in [0.3, 0.4) is 0 Å². The first kappa shape index (κ1) is 89.0. The van der Waals surface area contributed by atoms with Crippen LogP contribution in [0.2, 0.25) is 127 Å². The van der Waals surface area contributed by atoms with Gasteiger partial charge in [-0.25, -0.2) is 0 Å². The van der Waals surface area contributed by atoms with Gasteiger partial charge in [0.2, 0.25) is 11.8 Å². The molecule has 5 amide bonds. The van der Waals surface area contributed by atoms with E-state index >= 15 is 9.59 Å². The molecule has 3 saturated heterocycles. The van der Waals surface area contributed by atoms with E-state index in [2.05, 4.69) is 184 Å². The van der Waals surface area contributed by atoms with E-state index in [1.807, 2.05) is 0 Å². The number of amides is 5. The lowest BCUT2D eigenvalue weighted by molar-refractivity contribution is -0.210. The van der Waals surface area contributed by atoms with Crippen LogP contribution in [0.4, 0.5) is 0 Å². The van der Waals surface area contributed by atoms with Crippen LogP contribution < -0.4 is 31.7 Å². The quantitative estimate of drug-likeness (QED) is 0.0221. The van der Waals surface area contributed by atoms with Crippen molar-refractivity contribution in [3.63, 3.8) is 0 Å². The Balaban J connectivity index is 2.53. The molecule has 0 aromatic carbocycles. The summed E-state index contributed by atoms with van der Waals surface area (Å²) in [4.78, 5) is 73.3. The largest absolute Gasteiger partial charge is 0.409 e. The molecular weight excluding hydrogens is 1360 g/mol.